The zero-order chi connectivity index (χ0) is 14.6. The maximum atomic E-state index is 12.8. The maximum Gasteiger partial charge on any atom is 0.230 e. The molecule has 2 rings (SSSR count). The normalized spacial score (nSPS) is 17.8. The lowest BCUT2D eigenvalue weighted by Crippen LogP contribution is -2.45. The van der Waals surface area contributed by atoms with Crippen molar-refractivity contribution >= 4 is 27.5 Å². The van der Waals surface area contributed by atoms with Gasteiger partial charge in [0.1, 0.15) is 0 Å². The third kappa shape index (κ3) is 3.23. The van der Waals surface area contributed by atoms with E-state index in [9.17, 15) is 4.79 Å². The summed E-state index contributed by atoms with van der Waals surface area (Å²) in [5.41, 5.74) is 1.80. The molecule has 1 aliphatic rings. The average Bonchev–Trinajstić information content (AvgIpc) is 2.45. The summed E-state index contributed by atoms with van der Waals surface area (Å²) in [6, 6.07) is 5.93. The molecule has 1 fully saturated rings. The van der Waals surface area contributed by atoms with E-state index in [0.717, 1.165) is 54.5 Å². The van der Waals surface area contributed by atoms with E-state index in [0.29, 0.717) is 0 Å². The van der Waals surface area contributed by atoms with Crippen molar-refractivity contribution < 1.29 is 4.79 Å². The van der Waals surface area contributed by atoms with Crippen LogP contribution in [0.2, 0.25) is 0 Å². The molecule has 0 unspecified atom stereocenters. The third-order valence-electron chi connectivity index (χ3n) is 4.29. The van der Waals surface area contributed by atoms with Gasteiger partial charge in [0.15, 0.2) is 0 Å². The molecule has 1 saturated heterocycles. The summed E-state index contributed by atoms with van der Waals surface area (Å²) in [5, 5.41) is 6.50. The largest absolute Gasteiger partial charge is 0.325 e. The minimum absolute atomic E-state index is 0.182. The summed E-state index contributed by atoms with van der Waals surface area (Å²) in [4.78, 5) is 12.8. The first-order valence-corrected chi connectivity index (χ1v) is 8.15. The molecule has 0 aliphatic carbocycles. The summed E-state index contributed by atoms with van der Waals surface area (Å²) in [5.74, 6) is 0.182. The van der Waals surface area contributed by atoms with Crippen molar-refractivity contribution in [3.8, 4) is 0 Å². The van der Waals surface area contributed by atoms with Crippen LogP contribution in [0.5, 0.6) is 0 Å². The minimum atomic E-state index is -0.200. The van der Waals surface area contributed by atoms with Crippen LogP contribution in [0, 0.1) is 12.3 Å². The van der Waals surface area contributed by atoms with Gasteiger partial charge in [0.2, 0.25) is 5.91 Å². The molecule has 3 nitrogen and oxygen atoms in total. The molecule has 0 atom stereocenters. The number of carbonyl (C=O) groups excluding carboxylic acids is 1. The summed E-state index contributed by atoms with van der Waals surface area (Å²) < 4.78 is 1.03. The highest BCUT2D eigenvalue weighted by Crippen LogP contribution is 2.36. The van der Waals surface area contributed by atoms with Gasteiger partial charge >= 0.3 is 0 Å². The van der Waals surface area contributed by atoms with Gasteiger partial charge in [0.25, 0.3) is 0 Å². The van der Waals surface area contributed by atoms with Crippen LogP contribution in [0.15, 0.2) is 22.7 Å². The number of amides is 1. The monoisotopic (exact) mass is 338 g/mol. The second-order valence-corrected chi connectivity index (χ2v) is 6.50. The van der Waals surface area contributed by atoms with Crippen LogP contribution >= 0.6 is 15.9 Å². The van der Waals surface area contributed by atoms with Crippen LogP contribution in [0.3, 0.4) is 0 Å². The van der Waals surface area contributed by atoms with E-state index in [-0.39, 0.29) is 11.3 Å². The fraction of sp³-hybridized carbons (Fsp3) is 0.562. The predicted octanol–water partition coefficient (Wildman–Crippen LogP) is 3.87. The second kappa shape index (κ2) is 6.72. The van der Waals surface area contributed by atoms with E-state index < -0.39 is 0 Å². The summed E-state index contributed by atoms with van der Waals surface area (Å²) in [6.07, 6.45) is 3.87. The molecule has 0 aromatic heterocycles. The molecule has 20 heavy (non-hydrogen) atoms. The Labute approximate surface area is 129 Å². The van der Waals surface area contributed by atoms with E-state index in [1.54, 1.807) is 0 Å². The maximum absolute atomic E-state index is 12.8. The van der Waals surface area contributed by atoms with Crippen LogP contribution in [0.1, 0.15) is 38.2 Å². The lowest BCUT2D eigenvalue weighted by Gasteiger charge is -2.36. The van der Waals surface area contributed by atoms with Crippen molar-refractivity contribution in [2.75, 3.05) is 18.4 Å². The number of piperidine rings is 1. The van der Waals surface area contributed by atoms with Crippen LogP contribution < -0.4 is 10.6 Å². The molecular weight excluding hydrogens is 316 g/mol. The SMILES string of the molecule is CCCC1(C(=O)Nc2cccc(Br)c2C)CCNCC1. The van der Waals surface area contributed by atoms with Crippen LogP contribution in [0.4, 0.5) is 5.69 Å². The van der Waals surface area contributed by atoms with Crippen molar-refractivity contribution in [3.63, 3.8) is 0 Å². The molecule has 1 aromatic rings. The molecule has 0 spiro atoms. The minimum Gasteiger partial charge on any atom is -0.325 e. The smallest absolute Gasteiger partial charge is 0.230 e. The Bertz CT molecular complexity index is 476. The van der Waals surface area contributed by atoms with E-state index in [2.05, 4.69) is 33.5 Å². The second-order valence-electron chi connectivity index (χ2n) is 5.65. The molecule has 0 saturated carbocycles. The molecule has 1 aromatic carbocycles. The Morgan fingerprint density at radius 2 is 2.10 bits per heavy atom. The first kappa shape index (κ1) is 15.5. The Morgan fingerprint density at radius 1 is 1.40 bits per heavy atom. The van der Waals surface area contributed by atoms with E-state index >= 15 is 0 Å². The number of halogens is 1. The third-order valence-corrected chi connectivity index (χ3v) is 5.15. The highest BCUT2D eigenvalue weighted by atomic mass is 79.9. The zero-order valence-corrected chi connectivity index (χ0v) is 13.8. The number of rotatable bonds is 4. The number of hydrogen-bond donors (Lipinski definition) is 2. The topological polar surface area (TPSA) is 41.1 Å². The van der Waals surface area contributed by atoms with E-state index in [1.165, 1.54) is 0 Å². The fourth-order valence-electron chi connectivity index (χ4n) is 2.97. The van der Waals surface area contributed by atoms with Crippen molar-refractivity contribution in [2.45, 2.75) is 39.5 Å². The molecule has 2 N–H and O–H groups in total. The van der Waals surface area contributed by atoms with Crippen molar-refractivity contribution in [2.24, 2.45) is 5.41 Å². The molecule has 0 bridgehead atoms. The molecule has 1 amide bonds. The van der Waals surface area contributed by atoms with Gasteiger partial charge < -0.3 is 10.6 Å². The number of hydrogen-bond acceptors (Lipinski definition) is 2. The highest BCUT2D eigenvalue weighted by Gasteiger charge is 2.38. The molecule has 1 aliphatic heterocycles. The van der Waals surface area contributed by atoms with Crippen molar-refractivity contribution in [3.05, 3.63) is 28.2 Å². The van der Waals surface area contributed by atoms with Gasteiger partial charge in [-0.25, -0.2) is 0 Å². The lowest BCUT2D eigenvalue weighted by atomic mass is 9.74. The van der Waals surface area contributed by atoms with Gasteiger partial charge in [0, 0.05) is 10.2 Å². The number of anilines is 1. The number of nitrogens with one attached hydrogen (secondary N) is 2. The predicted molar refractivity (Wildman–Crippen MR) is 87.0 cm³/mol. The van der Waals surface area contributed by atoms with Gasteiger partial charge in [-0.05, 0) is 57.0 Å². The summed E-state index contributed by atoms with van der Waals surface area (Å²) in [7, 11) is 0. The van der Waals surface area contributed by atoms with Crippen LogP contribution in [-0.2, 0) is 4.79 Å². The lowest BCUT2D eigenvalue weighted by molar-refractivity contribution is -0.127. The van der Waals surface area contributed by atoms with Gasteiger partial charge in [-0.1, -0.05) is 35.3 Å². The molecule has 0 radical (unpaired) electrons. The van der Waals surface area contributed by atoms with Crippen LogP contribution in [-0.4, -0.2) is 19.0 Å². The van der Waals surface area contributed by atoms with Crippen molar-refractivity contribution in [1.29, 1.82) is 0 Å². The van der Waals surface area contributed by atoms with Gasteiger partial charge in [-0.2, -0.15) is 0 Å². The van der Waals surface area contributed by atoms with E-state index in [1.807, 2.05) is 25.1 Å². The first-order chi connectivity index (χ1) is 9.59. The Balaban J connectivity index is 2.18. The van der Waals surface area contributed by atoms with Gasteiger partial charge in [-0.3, -0.25) is 4.79 Å². The zero-order valence-electron chi connectivity index (χ0n) is 12.3. The summed E-state index contributed by atoms with van der Waals surface area (Å²) >= 11 is 3.51. The highest BCUT2D eigenvalue weighted by molar-refractivity contribution is 9.10. The van der Waals surface area contributed by atoms with Crippen LogP contribution in [0.25, 0.3) is 0 Å². The number of carbonyl (C=O) groups is 1. The fourth-order valence-corrected chi connectivity index (χ4v) is 3.34. The summed E-state index contributed by atoms with van der Waals surface area (Å²) in [6.45, 7) is 6.05. The average molecular weight is 339 g/mol. The molecule has 1 heterocycles. The first-order valence-electron chi connectivity index (χ1n) is 7.36. The standard InChI is InChI=1S/C16H23BrN2O/c1-3-7-16(8-10-18-11-9-16)15(20)19-14-6-4-5-13(17)12(14)2/h4-6,18H,3,7-11H2,1-2H3,(H,19,20). The number of benzene rings is 1. The van der Waals surface area contributed by atoms with Gasteiger partial charge in [-0.15, -0.1) is 0 Å². The Hall–Kier alpha value is -0.870. The van der Waals surface area contributed by atoms with Gasteiger partial charge in [0.05, 0.1) is 5.41 Å². The quantitative estimate of drug-likeness (QED) is 0.874. The molecule has 110 valence electrons. The molecule has 4 heteroatoms. The molecular formula is C16H23BrN2O. The van der Waals surface area contributed by atoms with E-state index in [4.69, 9.17) is 0 Å². The Morgan fingerprint density at radius 3 is 2.75 bits per heavy atom. The Kier molecular flexibility index (Phi) is 5.22. The van der Waals surface area contributed by atoms with Crippen molar-refractivity contribution in [1.82, 2.24) is 5.32 Å².